The van der Waals surface area contributed by atoms with Crippen LogP contribution >= 0.6 is 0 Å². The number of ketones is 1. The lowest BCUT2D eigenvalue weighted by atomic mass is 10.1. The van der Waals surface area contributed by atoms with E-state index in [1.807, 2.05) is 30.3 Å². The maximum absolute atomic E-state index is 12.3. The molecule has 0 saturated carbocycles. The van der Waals surface area contributed by atoms with Gasteiger partial charge >= 0.3 is 0 Å². The Morgan fingerprint density at radius 3 is 3.14 bits per heavy atom. The SMILES string of the molecule is N#CN1CCCC1C(=O)CNc1ccnc2ccccc12. The predicted molar refractivity (Wildman–Crippen MR) is 80.6 cm³/mol. The Labute approximate surface area is 123 Å². The van der Waals surface area contributed by atoms with E-state index in [1.54, 1.807) is 11.1 Å². The largest absolute Gasteiger partial charge is 0.377 e. The number of fused-ring (bicyclic) bond motifs is 1. The second kappa shape index (κ2) is 5.80. The van der Waals surface area contributed by atoms with Crippen LogP contribution in [0, 0.1) is 11.5 Å². The summed E-state index contributed by atoms with van der Waals surface area (Å²) in [6.45, 7) is 0.919. The van der Waals surface area contributed by atoms with Crippen LogP contribution in [0.1, 0.15) is 12.8 Å². The molecule has 0 amide bonds. The van der Waals surface area contributed by atoms with Crippen molar-refractivity contribution in [2.45, 2.75) is 18.9 Å². The summed E-state index contributed by atoms with van der Waals surface area (Å²) < 4.78 is 0. The molecule has 5 heteroatoms. The van der Waals surface area contributed by atoms with Gasteiger partial charge < -0.3 is 10.2 Å². The Balaban J connectivity index is 1.72. The van der Waals surface area contributed by atoms with Gasteiger partial charge in [0.05, 0.1) is 18.1 Å². The minimum absolute atomic E-state index is 0.0648. The molecule has 106 valence electrons. The molecule has 1 atom stereocenters. The second-order valence-electron chi connectivity index (χ2n) is 5.15. The number of nitriles is 1. The zero-order valence-electron chi connectivity index (χ0n) is 11.6. The third kappa shape index (κ3) is 2.65. The fourth-order valence-electron chi connectivity index (χ4n) is 2.77. The topological polar surface area (TPSA) is 69.0 Å². The smallest absolute Gasteiger partial charge is 0.180 e. The summed E-state index contributed by atoms with van der Waals surface area (Å²) in [5.41, 5.74) is 1.80. The van der Waals surface area contributed by atoms with Gasteiger partial charge in [-0.15, -0.1) is 0 Å². The van der Waals surface area contributed by atoms with E-state index in [9.17, 15) is 4.79 Å². The number of aromatic nitrogens is 1. The zero-order chi connectivity index (χ0) is 14.7. The highest BCUT2D eigenvalue weighted by Gasteiger charge is 2.29. The van der Waals surface area contributed by atoms with Crippen LogP contribution in [0.4, 0.5) is 5.69 Å². The van der Waals surface area contributed by atoms with E-state index < -0.39 is 0 Å². The van der Waals surface area contributed by atoms with Crippen molar-refractivity contribution < 1.29 is 4.79 Å². The summed E-state index contributed by atoms with van der Waals surface area (Å²) in [4.78, 5) is 18.1. The average molecular weight is 280 g/mol. The molecule has 1 saturated heterocycles. The highest BCUT2D eigenvalue weighted by Crippen LogP contribution is 2.21. The van der Waals surface area contributed by atoms with Gasteiger partial charge in [0.15, 0.2) is 12.0 Å². The number of hydrogen-bond acceptors (Lipinski definition) is 5. The number of carbonyl (C=O) groups is 1. The molecule has 21 heavy (non-hydrogen) atoms. The monoisotopic (exact) mass is 280 g/mol. The lowest BCUT2D eigenvalue weighted by Crippen LogP contribution is -2.36. The molecule has 1 N–H and O–H groups in total. The molecule has 1 aromatic carbocycles. The Hall–Kier alpha value is -2.61. The van der Waals surface area contributed by atoms with Crippen molar-refractivity contribution in [2.24, 2.45) is 0 Å². The van der Waals surface area contributed by atoms with Crippen LogP contribution in [0.15, 0.2) is 36.5 Å². The van der Waals surface area contributed by atoms with E-state index in [1.165, 1.54) is 0 Å². The quantitative estimate of drug-likeness (QED) is 0.869. The third-order valence-corrected chi connectivity index (χ3v) is 3.86. The Morgan fingerprint density at radius 2 is 2.29 bits per heavy atom. The van der Waals surface area contributed by atoms with E-state index in [4.69, 9.17) is 5.26 Å². The molecule has 0 radical (unpaired) electrons. The molecule has 1 aromatic heterocycles. The fourth-order valence-corrected chi connectivity index (χ4v) is 2.77. The van der Waals surface area contributed by atoms with Crippen molar-refractivity contribution in [3.63, 3.8) is 0 Å². The van der Waals surface area contributed by atoms with Crippen LogP contribution in [0.25, 0.3) is 10.9 Å². The maximum Gasteiger partial charge on any atom is 0.180 e. The third-order valence-electron chi connectivity index (χ3n) is 3.86. The molecule has 2 heterocycles. The van der Waals surface area contributed by atoms with E-state index in [2.05, 4.69) is 16.5 Å². The first-order valence-corrected chi connectivity index (χ1v) is 7.06. The zero-order valence-corrected chi connectivity index (χ0v) is 11.6. The van der Waals surface area contributed by atoms with Gasteiger partial charge in [-0.1, -0.05) is 18.2 Å². The summed E-state index contributed by atoms with van der Waals surface area (Å²) in [6.07, 6.45) is 5.50. The van der Waals surface area contributed by atoms with Gasteiger partial charge in [0.25, 0.3) is 0 Å². The minimum atomic E-state index is -0.268. The minimum Gasteiger partial charge on any atom is -0.377 e. The van der Waals surface area contributed by atoms with Crippen molar-refractivity contribution in [3.05, 3.63) is 36.5 Å². The van der Waals surface area contributed by atoms with Crippen LogP contribution in [0.5, 0.6) is 0 Å². The molecule has 1 unspecified atom stereocenters. The molecular weight excluding hydrogens is 264 g/mol. The van der Waals surface area contributed by atoms with Crippen LogP contribution < -0.4 is 5.32 Å². The molecule has 1 aliphatic rings. The van der Waals surface area contributed by atoms with E-state index >= 15 is 0 Å². The number of nitrogens with one attached hydrogen (secondary N) is 1. The van der Waals surface area contributed by atoms with Gasteiger partial charge in [0.2, 0.25) is 0 Å². The predicted octanol–water partition coefficient (Wildman–Crippen LogP) is 2.16. The van der Waals surface area contributed by atoms with Gasteiger partial charge in [-0.25, -0.2) is 0 Å². The first-order valence-electron chi connectivity index (χ1n) is 7.06. The van der Waals surface area contributed by atoms with Crippen LogP contribution in [-0.4, -0.2) is 34.8 Å². The number of rotatable bonds is 4. The standard InChI is InChI=1S/C16H16N4O/c17-11-20-9-3-6-15(20)16(21)10-19-14-7-8-18-13-5-2-1-4-12(13)14/h1-2,4-5,7-8,15H,3,6,9-10H2,(H,18,19). The van der Waals surface area contributed by atoms with Gasteiger partial charge in [-0.2, -0.15) is 5.26 Å². The van der Waals surface area contributed by atoms with Crippen molar-refractivity contribution in [3.8, 4) is 6.19 Å². The van der Waals surface area contributed by atoms with Gasteiger partial charge in [0.1, 0.15) is 0 Å². The number of anilines is 1. The fraction of sp³-hybridized carbons (Fsp3) is 0.312. The normalized spacial score (nSPS) is 17.7. The number of nitrogens with zero attached hydrogens (tertiary/aromatic N) is 3. The molecule has 0 aliphatic carbocycles. The summed E-state index contributed by atoms with van der Waals surface area (Å²) in [6, 6.07) is 9.41. The van der Waals surface area contributed by atoms with Crippen molar-refractivity contribution >= 4 is 22.4 Å². The molecule has 5 nitrogen and oxygen atoms in total. The van der Waals surface area contributed by atoms with Crippen molar-refractivity contribution in [1.82, 2.24) is 9.88 Å². The molecule has 1 aliphatic heterocycles. The number of hydrogen-bond donors (Lipinski definition) is 1. The lowest BCUT2D eigenvalue weighted by molar-refractivity contribution is -0.120. The van der Waals surface area contributed by atoms with Gasteiger partial charge in [-0.05, 0) is 25.0 Å². The number of pyridine rings is 1. The Morgan fingerprint density at radius 1 is 1.43 bits per heavy atom. The first kappa shape index (κ1) is 13.4. The molecule has 0 spiro atoms. The number of Topliss-reactive ketones (excluding diaryl/α,β-unsaturated/α-hetero) is 1. The lowest BCUT2D eigenvalue weighted by Gasteiger charge is -2.17. The average Bonchev–Trinajstić information content (AvgIpc) is 3.01. The van der Waals surface area contributed by atoms with E-state index in [-0.39, 0.29) is 18.4 Å². The highest BCUT2D eigenvalue weighted by atomic mass is 16.1. The first-order chi connectivity index (χ1) is 10.3. The number of benzene rings is 1. The number of carbonyl (C=O) groups excluding carboxylic acids is 1. The number of para-hydroxylation sites is 1. The highest BCUT2D eigenvalue weighted by molar-refractivity contribution is 5.94. The van der Waals surface area contributed by atoms with Crippen LogP contribution in [0.3, 0.4) is 0 Å². The second-order valence-corrected chi connectivity index (χ2v) is 5.15. The summed E-state index contributed by atoms with van der Waals surface area (Å²) in [5, 5.41) is 13.2. The molecule has 2 aromatic rings. The van der Waals surface area contributed by atoms with Crippen LogP contribution in [0.2, 0.25) is 0 Å². The van der Waals surface area contributed by atoms with E-state index in [0.717, 1.165) is 29.4 Å². The Bertz CT molecular complexity index is 701. The molecular formula is C16H16N4O. The maximum atomic E-state index is 12.3. The summed E-state index contributed by atoms with van der Waals surface area (Å²) in [5.74, 6) is 0.0648. The molecule has 0 bridgehead atoms. The molecule has 3 rings (SSSR count). The number of likely N-dealkylation sites (tertiary alicyclic amines) is 1. The molecule has 1 fully saturated rings. The summed E-state index contributed by atoms with van der Waals surface area (Å²) >= 11 is 0. The van der Waals surface area contributed by atoms with Gasteiger partial charge in [0, 0.05) is 23.8 Å². The summed E-state index contributed by atoms with van der Waals surface area (Å²) in [7, 11) is 0. The van der Waals surface area contributed by atoms with Gasteiger partial charge in [-0.3, -0.25) is 9.78 Å². The van der Waals surface area contributed by atoms with Crippen molar-refractivity contribution in [2.75, 3.05) is 18.4 Å². The van der Waals surface area contributed by atoms with Crippen molar-refractivity contribution in [1.29, 1.82) is 5.26 Å². The van der Waals surface area contributed by atoms with E-state index in [0.29, 0.717) is 6.54 Å². The van der Waals surface area contributed by atoms with Crippen LogP contribution in [-0.2, 0) is 4.79 Å². The Kier molecular flexibility index (Phi) is 3.69.